The van der Waals surface area contributed by atoms with E-state index in [-0.39, 0.29) is 61.1 Å². The number of nitrogens with one attached hydrogen (secondary N) is 1. The fourth-order valence-corrected chi connectivity index (χ4v) is 6.16. The van der Waals surface area contributed by atoms with Gasteiger partial charge in [0.2, 0.25) is 5.91 Å². The van der Waals surface area contributed by atoms with Gasteiger partial charge in [0.15, 0.2) is 0 Å². The van der Waals surface area contributed by atoms with Gasteiger partial charge in [-0.2, -0.15) is 0 Å². The predicted molar refractivity (Wildman–Crippen MR) is 147 cm³/mol. The minimum absolute atomic E-state index is 0.0363. The van der Waals surface area contributed by atoms with Crippen LogP contribution in [0.2, 0.25) is 0 Å². The Morgan fingerprint density at radius 2 is 1.79 bits per heavy atom. The fourth-order valence-electron chi connectivity index (χ4n) is 6.16. The lowest BCUT2D eigenvalue weighted by molar-refractivity contribution is -0.140. The number of hydrogen-bond donors (Lipinski definition) is 2. The molecule has 2 heterocycles. The minimum Gasteiger partial charge on any atom is -0.469 e. The van der Waals surface area contributed by atoms with Crippen LogP contribution in [0.4, 0.5) is 4.39 Å². The zero-order valence-corrected chi connectivity index (χ0v) is 23.6. The summed E-state index contributed by atoms with van der Waals surface area (Å²) >= 11 is 0. The first kappa shape index (κ1) is 31.2. The molecule has 2 bridgehead atoms. The molecule has 2 N–H and O–H groups in total. The molecule has 1 aromatic carbocycles. The number of amides is 1. The molecule has 0 radical (unpaired) electrons. The van der Waals surface area contributed by atoms with E-state index in [1.807, 2.05) is 0 Å². The van der Waals surface area contributed by atoms with E-state index in [0.717, 1.165) is 43.2 Å². The van der Waals surface area contributed by atoms with Crippen LogP contribution in [0, 0.1) is 23.6 Å². The van der Waals surface area contributed by atoms with Crippen LogP contribution in [0.5, 0.6) is 0 Å². The second-order valence-corrected chi connectivity index (χ2v) is 11.1. The number of esters is 1. The van der Waals surface area contributed by atoms with Gasteiger partial charge in [0.05, 0.1) is 31.8 Å². The number of rotatable bonds is 18. The van der Waals surface area contributed by atoms with Gasteiger partial charge in [-0.05, 0) is 55.4 Å². The normalized spacial score (nSPS) is 22.6. The summed E-state index contributed by atoms with van der Waals surface area (Å²) in [4.78, 5) is 37.9. The Morgan fingerprint density at radius 1 is 1.08 bits per heavy atom. The molecule has 0 aromatic heterocycles. The molecule has 39 heavy (non-hydrogen) atoms. The van der Waals surface area contributed by atoms with Crippen LogP contribution in [0.15, 0.2) is 18.2 Å². The highest BCUT2D eigenvalue weighted by Gasteiger charge is 2.52. The molecule has 0 spiro atoms. The van der Waals surface area contributed by atoms with Gasteiger partial charge in [-0.15, -0.1) is 0 Å². The van der Waals surface area contributed by atoms with Gasteiger partial charge in [0.1, 0.15) is 11.6 Å². The summed E-state index contributed by atoms with van der Waals surface area (Å²) in [5, 5.41) is 12.8. The van der Waals surface area contributed by atoms with Gasteiger partial charge in [0.25, 0.3) is 0 Å². The Balaban J connectivity index is 1.57. The van der Waals surface area contributed by atoms with Crippen molar-refractivity contribution in [2.24, 2.45) is 17.8 Å². The van der Waals surface area contributed by atoms with Gasteiger partial charge in [0, 0.05) is 31.2 Å². The first-order chi connectivity index (χ1) is 18.9. The maximum Gasteiger partial charge on any atom is 0.305 e. The summed E-state index contributed by atoms with van der Waals surface area (Å²) in [7, 11) is 1.34. The molecular weight excluding hydrogens is 501 g/mol. The van der Waals surface area contributed by atoms with E-state index >= 15 is 0 Å². The maximum absolute atomic E-state index is 14.2. The van der Waals surface area contributed by atoms with Crippen LogP contribution < -0.4 is 5.32 Å². The molecule has 5 atom stereocenters. The van der Waals surface area contributed by atoms with E-state index in [1.165, 1.54) is 44.9 Å². The molecule has 7 nitrogen and oxygen atoms in total. The molecular formula is C31H46FNO6. The van der Waals surface area contributed by atoms with Gasteiger partial charge in [-0.3, -0.25) is 14.4 Å². The third-order valence-electron chi connectivity index (χ3n) is 8.36. The van der Waals surface area contributed by atoms with Crippen LogP contribution in [-0.4, -0.2) is 55.2 Å². The molecule has 8 heteroatoms. The first-order valence-corrected chi connectivity index (χ1v) is 14.8. The van der Waals surface area contributed by atoms with Crippen LogP contribution in [-0.2, 0) is 36.7 Å². The molecule has 1 aromatic rings. The van der Waals surface area contributed by atoms with Crippen molar-refractivity contribution in [3.8, 4) is 0 Å². The topological polar surface area (TPSA) is 102 Å². The number of aryl methyl sites for hydroxylation is 1. The lowest BCUT2D eigenvalue weighted by Gasteiger charge is -2.28. The Bertz CT molecular complexity index is 953. The van der Waals surface area contributed by atoms with Gasteiger partial charge in [-0.1, -0.05) is 51.5 Å². The standard InChI is InChI=1S/C31H46FNO6/c1-3-4-5-6-7-8-9-16-33-31(37)23(20-34)19-26(35)30-25(27-13-14-28(30)39-27)18-22-17-24(32)12-10-21(22)11-15-29(36)38-2/h10,12,17,23,25,27-28,30,34H,3-9,11,13-16,18-20H2,1-2H3,(H,33,37). The largest absolute Gasteiger partial charge is 0.469 e. The SMILES string of the molecule is CCCCCCCCCNC(=O)C(CO)CC(=O)C1C2CCC(O2)C1Cc1cc(F)ccc1CCC(=O)OC. The Labute approximate surface area is 232 Å². The monoisotopic (exact) mass is 547 g/mol. The van der Waals surface area contributed by atoms with Crippen LogP contribution in [0.1, 0.15) is 88.7 Å². The van der Waals surface area contributed by atoms with Crippen LogP contribution >= 0.6 is 0 Å². The third-order valence-corrected chi connectivity index (χ3v) is 8.36. The van der Waals surface area contributed by atoms with Crippen molar-refractivity contribution >= 4 is 17.7 Å². The summed E-state index contributed by atoms with van der Waals surface area (Å²) in [5.41, 5.74) is 1.62. The Hall–Kier alpha value is -2.32. The van der Waals surface area contributed by atoms with Crippen molar-refractivity contribution in [3.05, 3.63) is 35.1 Å². The molecule has 2 saturated heterocycles. The number of aliphatic hydroxyl groups is 1. The number of carbonyl (C=O) groups excluding carboxylic acids is 3. The molecule has 5 unspecified atom stereocenters. The third kappa shape index (κ3) is 9.10. The summed E-state index contributed by atoms with van der Waals surface area (Å²) in [6, 6.07) is 4.55. The highest BCUT2D eigenvalue weighted by molar-refractivity contribution is 5.89. The maximum atomic E-state index is 14.2. The number of halogens is 1. The van der Waals surface area contributed by atoms with Crippen LogP contribution in [0.25, 0.3) is 0 Å². The van der Waals surface area contributed by atoms with Crippen molar-refractivity contribution in [1.82, 2.24) is 5.32 Å². The fraction of sp³-hybridized carbons (Fsp3) is 0.710. The van der Waals surface area contributed by atoms with E-state index in [2.05, 4.69) is 12.2 Å². The number of hydrogen-bond acceptors (Lipinski definition) is 6. The molecule has 2 aliphatic rings. The second kappa shape index (κ2) is 16.1. The van der Waals surface area contributed by atoms with E-state index < -0.39 is 11.8 Å². The average molecular weight is 548 g/mol. The molecule has 2 fully saturated rings. The molecule has 218 valence electrons. The van der Waals surface area contributed by atoms with E-state index in [0.29, 0.717) is 19.4 Å². The zero-order chi connectivity index (χ0) is 28.2. The highest BCUT2D eigenvalue weighted by atomic mass is 19.1. The number of methoxy groups -OCH3 is 1. The summed E-state index contributed by atoms with van der Waals surface area (Å²) < 4.78 is 25.1. The number of Topliss-reactive ketones (excluding diaryl/α,β-unsaturated/α-hetero) is 1. The van der Waals surface area contributed by atoms with E-state index in [1.54, 1.807) is 6.07 Å². The summed E-state index contributed by atoms with van der Waals surface area (Å²) in [6.07, 6.45) is 10.4. The quantitative estimate of drug-likeness (QED) is 0.204. The molecule has 2 aliphatic heterocycles. The highest BCUT2D eigenvalue weighted by Crippen LogP contribution is 2.46. The summed E-state index contributed by atoms with van der Waals surface area (Å²) in [5.74, 6) is -2.38. The number of unbranched alkanes of at least 4 members (excludes halogenated alkanes) is 6. The summed E-state index contributed by atoms with van der Waals surface area (Å²) in [6.45, 7) is 2.35. The number of aliphatic hydroxyl groups excluding tert-OH is 1. The predicted octanol–water partition coefficient (Wildman–Crippen LogP) is 4.70. The van der Waals surface area contributed by atoms with Crippen molar-refractivity contribution in [2.45, 2.75) is 103 Å². The van der Waals surface area contributed by atoms with Gasteiger partial charge in [-0.25, -0.2) is 4.39 Å². The average Bonchev–Trinajstić information content (AvgIpc) is 3.54. The number of fused-ring (bicyclic) bond motifs is 2. The number of ether oxygens (including phenoxy) is 2. The lowest BCUT2D eigenvalue weighted by Crippen LogP contribution is -2.39. The Morgan fingerprint density at radius 3 is 2.51 bits per heavy atom. The van der Waals surface area contributed by atoms with Gasteiger partial charge >= 0.3 is 5.97 Å². The number of carbonyl (C=O) groups is 3. The zero-order valence-electron chi connectivity index (χ0n) is 23.6. The van der Waals surface area contributed by atoms with Crippen molar-refractivity contribution in [3.63, 3.8) is 0 Å². The smallest absolute Gasteiger partial charge is 0.305 e. The number of benzene rings is 1. The second-order valence-electron chi connectivity index (χ2n) is 11.1. The number of ketones is 1. The van der Waals surface area contributed by atoms with Gasteiger partial charge < -0.3 is 19.9 Å². The van der Waals surface area contributed by atoms with Crippen LogP contribution in [0.3, 0.4) is 0 Å². The molecule has 0 saturated carbocycles. The first-order valence-electron chi connectivity index (χ1n) is 14.8. The molecule has 1 amide bonds. The lowest BCUT2D eigenvalue weighted by atomic mass is 9.72. The van der Waals surface area contributed by atoms with Crippen molar-refractivity contribution in [1.29, 1.82) is 0 Å². The van der Waals surface area contributed by atoms with E-state index in [4.69, 9.17) is 9.47 Å². The van der Waals surface area contributed by atoms with Crippen molar-refractivity contribution < 1.29 is 33.4 Å². The Kier molecular flexibility index (Phi) is 12.9. The molecule has 3 rings (SSSR count). The van der Waals surface area contributed by atoms with Crippen molar-refractivity contribution in [2.75, 3.05) is 20.3 Å². The minimum atomic E-state index is -0.786. The molecule has 0 aliphatic carbocycles. The van der Waals surface area contributed by atoms with E-state index in [9.17, 15) is 23.9 Å².